The van der Waals surface area contributed by atoms with Crippen LogP contribution in [0.4, 0.5) is 5.69 Å². The van der Waals surface area contributed by atoms with Gasteiger partial charge in [-0.05, 0) is 47.1 Å². The number of nitrogens with zero attached hydrogens (tertiary/aromatic N) is 4. The summed E-state index contributed by atoms with van der Waals surface area (Å²) in [6, 6.07) is 10.7. The Kier molecular flexibility index (Phi) is 6.46. The van der Waals surface area contributed by atoms with Crippen LogP contribution in [0.1, 0.15) is 23.3 Å². The summed E-state index contributed by atoms with van der Waals surface area (Å²) in [5.41, 5.74) is 4.39. The summed E-state index contributed by atoms with van der Waals surface area (Å²) in [5.74, 6) is 0. The maximum Gasteiger partial charge on any atom is 0.270 e. The first-order valence-electron chi connectivity index (χ1n) is 9.82. The predicted octanol–water partition coefficient (Wildman–Crippen LogP) is 4.52. The van der Waals surface area contributed by atoms with Gasteiger partial charge in [0.15, 0.2) is 0 Å². The molecular weight excluding hydrogens is 400 g/mol. The zero-order chi connectivity index (χ0) is 20.8. The molecule has 1 aliphatic heterocycles. The molecule has 7 nitrogen and oxygen atoms in total. The van der Waals surface area contributed by atoms with Gasteiger partial charge in [-0.25, -0.2) is 0 Å². The van der Waals surface area contributed by atoms with E-state index in [0.29, 0.717) is 13.2 Å². The zero-order valence-electron chi connectivity index (χ0n) is 16.4. The van der Waals surface area contributed by atoms with Gasteiger partial charge >= 0.3 is 0 Å². The first-order valence-corrected chi connectivity index (χ1v) is 10.7. The Balaban J connectivity index is 1.62. The van der Waals surface area contributed by atoms with Crippen molar-refractivity contribution in [1.82, 2.24) is 4.90 Å². The molecule has 0 bridgehead atoms. The molecule has 30 heavy (non-hydrogen) atoms. The van der Waals surface area contributed by atoms with E-state index in [-0.39, 0.29) is 10.6 Å². The Labute approximate surface area is 178 Å². The lowest BCUT2D eigenvalue weighted by atomic mass is 10.1. The van der Waals surface area contributed by atoms with Crippen molar-refractivity contribution in [3.8, 4) is 0 Å². The van der Waals surface area contributed by atoms with Crippen molar-refractivity contribution in [3.63, 3.8) is 0 Å². The van der Waals surface area contributed by atoms with Gasteiger partial charge in [0.25, 0.3) is 5.69 Å². The van der Waals surface area contributed by atoms with Gasteiger partial charge in [0, 0.05) is 35.8 Å². The van der Waals surface area contributed by atoms with E-state index in [9.17, 15) is 10.1 Å². The van der Waals surface area contributed by atoms with Crippen molar-refractivity contribution in [1.29, 1.82) is 0 Å². The molecular formula is C22H22N4O3S. The van der Waals surface area contributed by atoms with Crippen LogP contribution in [0.2, 0.25) is 0 Å². The second kappa shape index (κ2) is 9.60. The van der Waals surface area contributed by atoms with E-state index in [1.807, 2.05) is 35.9 Å². The second-order valence-corrected chi connectivity index (χ2v) is 7.98. The molecule has 1 aromatic carbocycles. The SMILES string of the molecule is O=[N+]([O-])c1cccc(/C=C2/CCC(/C=N/N=C/c3cccs3)=C2N2CCOCC2)c1. The van der Waals surface area contributed by atoms with Gasteiger partial charge in [-0.2, -0.15) is 10.2 Å². The third-order valence-electron chi connectivity index (χ3n) is 5.03. The molecule has 0 spiro atoms. The van der Waals surface area contributed by atoms with Crippen LogP contribution < -0.4 is 0 Å². The number of ether oxygens (including phenoxy) is 1. The fourth-order valence-corrected chi connectivity index (χ4v) is 4.24. The first kappa shape index (κ1) is 20.2. The molecule has 2 aromatic rings. The van der Waals surface area contributed by atoms with Crippen LogP contribution in [0.15, 0.2) is 68.8 Å². The lowest BCUT2D eigenvalue weighted by Gasteiger charge is -2.31. The first-order chi connectivity index (χ1) is 14.7. The molecule has 0 atom stereocenters. The van der Waals surface area contributed by atoms with Gasteiger partial charge in [-0.15, -0.1) is 11.3 Å². The van der Waals surface area contributed by atoms with Crippen LogP contribution in [0.25, 0.3) is 6.08 Å². The molecule has 0 saturated carbocycles. The Morgan fingerprint density at radius 3 is 2.70 bits per heavy atom. The molecule has 154 valence electrons. The standard InChI is InChI=1S/C22H22N4O3S/c27-26(28)20-4-1-3-17(14-20)13-18-6-7-19(22(18)25-8-10-29-11-9-25)15-23-24-16-21-5-2-12-30-21/h1-5,12-16H,6-11H2/b18-13-,23-15+,24-16+. The number of thiophene rings is 1. The average Bonchev–Trinajstić information content (AvgIpc) is 3.42. The van der Waals surface area contributed by atoms with Gasteiger partial charge in [-0.1, -0.05) is 18.2 Å². The van der Waals surface area contributed by atoms with E-state index in [1.54, 1.807) is 29.7 Å². The summed E-state index contributed by atoms with van der Waals surface area (Å²) >= 11 is 1.62. The molecule has 1 fully saturated rings. The number of nitro groups is 1. The van der Waals surface area contributed by atoms with Crippen LogP contribution >= 0.6 is 11.3 Å². The normalized spacial score (nSPS) is 18.9. The van der Waals surface area contributed by atoms with Crippen molar-refractivity contribution >= 4 is 35.5 Å². The molecule has 0 unspecified atom stereocenters. The van der Waals surface area contributed by atoms with E-state index in [1.165, 1.54) is 11.6 Å². The van der Waals surface area contributed by atoms with Gasteiger partial charge < -0.3 is 9.64 Å². The molecule has 1 aromatic heterocycles. The zero-order valence-corrected chi connectivity index (χ0v) is 17.3. The number of allylic oxidation sites excluding steroid dienone is 2. The van der Waals surface area contributed by atoms with Crippen molar-refractivity contribution < 1.29 is 9.66 Å². The van der Waals surface area contributed by atoms with Gasteiger partial charge in [0.1, 0.15) is 0 Å². The highest BCUT2D eigenvalue weighted by atomic mass is 32.1. The van der Waals surface area contributed by atoms with Crippen molar-refractivity contribution in [2.24, 2.45) is 10.2 Å². The lowest BCUT2D eigenvalue weighted by molar-refractivity contribution is -0.384. The third kappa shape index (κ3) is 4.90. The number of hydrogen-bond acceptors (Lipinski definition) is 7. The number of benzene rings is 1. The van der Waals surface area contributed by atoms with Crippen LogP contribution in [-0.4, -0.2) is 48.6 Å². The van der Waals surface area contributed by atoms with E-state index in [0.717, 1.165) is 47.6 Å². The number of hydrogen-bond donors (Lipinski definition) is 0. The second-order valence-electron chi connectivity index (χ2n) is 7.00. The summed E-state index contributed by atoms with van der Waals surface area (Å²) < 4.78 is 5.52. The highest BCUT2D eigenvalue weighted by molar-refractivity contribution is 7.11. The summed E-state index contributed by atoms with van der Waals surface area (Å²) in [6.45, 7) is 3.01. The maximum absolute atomic E-state index is 11.1. The molecule has 0 N–H and O–H groups in total. The fraction of sp³-hybridized carbons (Fsp3) is 0.273. The highest BCUT2D eigenvalue weighted by Crippen LogP contribution is 2.35. The third-order valence-corrected chi connectivity index (χ3v) is 5.84. The molecule has 1 aliphatic carbocycles. The monoisotopic (exact) mass is 422 g/mol. The average molecular weight is 423 g/mol. The fourth-order valence-electron chi connectivity index (χ4n) is 3.66. The topological polar surface area (TPSA) is 80.3 Å². The van der Waals surface area contributed by atoms with E-state index >= 15 is 0 Å². The minimum Gasteiger partial charge on any atom is -0.378 e. The number of non-ortho nitro benzene ring substituents is 1. The predicted molar refractivity (Wildman–Crippen MR) is 120 cm³/mol. The highest BCUT2D eigenvalue weighted by Gasteiger charge is 2.25. The van der Waals surface area contributed by atoms with Crippen molar-refractivity contribution in [2.45, 2.75) is 12.8 Å². The summed E-state index contributed by atoms with van der Waals surface area (Å²) in [7, 11) is 0. The van der Waals surface area contributed by atoms with Crippen LogP contribution in [0.5, 0.6) is 0 Å². The van der Waals surface area contributed by atoms with Gasteiger partial charge in [0.2, 0.25) is 0 Å². The molecule has 8 heteroatoms. The molecule has 1 saturated heterocycles. The Morgan fingerprint density at radius 2 is 1.93 bits per heavy atom. The minimum atomic E-state index is -0.362. The van der Waals surface area contributed by atoms with E-state index < -0.39 is 0 Å². The smallest absolute Gasteiger partial charge is 0.270 e. The van der Waals surface area contributed by atoms with Crippen molar-refractivity contribution in [2.75, 3.05) is 26.3 Å². The van der Waals surface area contributed by atoms with E-state index in [4.69, 9.17) is 4.74 Å². The molecule has 0 amide bonds. The number of rotatable bonds is 6. The lowest BCUT2D eigenvalue weighted by Crippen LogP contribution is -2.36. The summed E-state index contributed by atoms with van der Waals surface area (Å²) in [5, 5.41) is 21.6. The molecule has 2 aliphatic rings. The summed E-state index contributed by atoms with van der Waals surface area (Å²) in [6.07, 6.45) is 7.37. The van der Waals surface area contributed by atoms with Crippen LogP contribution in [0.3, 0.4) is 0 Å². The number of nitro benzene ring substituents is 1. The summed E-state index contributed by atoms with van der Waals surface area (Å²) in [4.78, 5) is 14.1. The minimum absolute atomic E-state index is 0.101. The molecule has 0 radical (unpaired) electrons. The Bertz CT molecular complexity index is 1020. The van der Waals surface area contributed by atoms with Crippen LogP contribution in [-0.2, 0) is 4.74 Å². The Morgan fingerprint density at radius 1 is 1.10 bits per heavy atom. The van der Waals surface area contributed by atoms with E-state index in [2.05, 4.69) is 15.1 Å². The molecule has 2 heterocycles. The molecule has 4 rings (SSSR count). The quantitative estimate of drug-likeness (QED) is 0.389. The van der Waals surface area contributed by atoms with Crippen molar-refractivity contribution in [3.05, 3.63) is 79.2 Å². The van der Waals surface area contributed by atoms with Gasteiger partial charge in [-0.3, -0.25) is 10.1 Å². The van der Waals surface area contributed by atoms with Gasteiger partial charge in [0.05, 0.1) is 30.6 Å². The Hall–Kier alpha value is -3.10. The number of morpholine rings is 1. The maximum atomic E-state index is 11.1. The van der Waals surface area contributed by atoms with Crippen LogP contribution in [0, 0.1) is 10.1 Å². The largest absolute Gasteiger partial charge is 0.378 e.